The van der Waals surface area contributed by atoms with Crippen LogP contribution in [0.1, 0.15) is 26.2 Å². The number of carbonyl (C=O) groups is 3. The number of amides is 3. The van der Waals surface area contributed by atoms with Gasteiger partial charge in [0, 0.05) is 39.1 Å². The number of aliphatic hydroxyl groups excluding tert-OH is 1. The van der Waals surface area contributed by atoms with Gasteiger partial charge in [0.05, 0.1) is 6.10 Å². The van der Waals surface area contributed by atoms with Gasteiger partial charge >= 0.3 is 6.09 Å². The summed E-state index contributed by atoms with van der Waals surface area (Å²) in [6.45, 7) is 3.43. The molecule has 0 aliphatic carbocycles. The van der Waals surface area contributed by atoms with Crippen molar-refractivity contribution in [3.05, 3.63) is 0 Å². The Labute approximate surface area is 129 Å². The van der Waals surface area contributed by atoms with Crippen LogP contribution in [-0.4, -0.2) is 87.7 Å². The lowest BCUT2D eigenvalue weighted by atomic mass is 10.1. The molecule has 124 valence electrons. The minimum Gasteiger partial charge on any atom is -0.465 e. The minimum atomic E-state index is -1.10. The van der Waals surface area contributed by atoms with E-state index in [-0.39, 0.29) is 24.8 Å². The molecule has 0 aromatic heterocycles. The number of rotatable bonds is 3. The number of hydrogen-bond acceptors (Lipinski definition) is 4. The fraction of sp³-hybridized carbons (Fsp3) is 0.786. The average Bonchev–Trinajstić information content (AvgIpc) is 2.48. The summed E-state index contributed by atoms with van der Waals surface area (Å²) in [6.07, 6.45) is 0.160. The van der Waals surface area contributed by atoms with E-state index in [9.17, 15) is 19.5 Å². The maximum absolute atomic E-state index is 12.1. The lowest BCUT2D eigenvalue weighted by Gasteiger charge is -2.38. The van der Waals surface area contributed by atoms with Gasteiger partial charge in [0.1, 0.15) is 6.04 Å². The molecule has 2 rings (SSSR count). The second kappa shape index (κ2) is 6.95. The molecule has 2 aliphatic heterocycles. The monoisotopic (exact) mass is 313 g/mol. The summed E-state index contributed by atoms with van der Waals surface area (Å²) in [4.78, 5) is 39.5. The summed E-state index contributed by atoms with van der Waals surface area (Å²) in [5.41, 5.74) is 0. The third-order valence-corrected chi connectivity index (χ3v) is 4.34. The summed E-state index contributed by atoms with van der Waals surface area (Å²) in [5, 5.41) is 18.6. The standard InChI is InChI=1S/C14H23N3O5/c1-10-13(20)15(7-8-17(10)14(21)22)6-4-12(19)16-5-2-3-11(18)9-16/h10-11,18H,2-9H2,1H3,(H,21,22)/t10-,11+/m0/s1. The molecule has 0 radical (unpaired) electrons. The Morgan fingerprint density at radius 3 is 2.64 bits per heavy atom. The van der Waals surface area contributed by atoms with Crippen LogP contribution in [0, 0.1) is 0 Å². The van der Waals surface area contributed by atoms with Crippen molar-refractivity contribution in [3.8, 4) is 0 Å². The van der Waals surface area contributed by atoms with Crippen LogP contribution in [0.4, 0.5) is 4.79 Å². The van der Waals surface area contributed by atoms with Crippen molar-refractivity contribution in [3.63, 3.8) is 0 Å². The Hall–Kier alpha value is -1.83. The number of nitrogens with zero attached hydrogens (tertiary/aromatic N) is 3. The van der Waals surface area contributed by atoms with Crippen molar-refractivity contribution in [2.45, 2.75) is 38.3 Å². The molecule has 0 spiro atoms. The third kappa shape index (κ3) is 3.68. The van der Waals surface area contributed by atoms with Gasteiger partial charge in [-0.2, -0.15) is 0 Å². The van der Waals surface area contributed by atoms with Crippen LogP contribution < -0.4 is 0 Å². The highest BCUT2D eigenvalue weighted by atomic mass is 16.4. The van der Waals surface area contributed by atoms with Crippen molar-refractivity contribution in [1.82, 2.24) is 14.7 Å². The van der Waals surface area contributed by atoms with E-state index in [0.717, 1.165) is 17.7 Å². The first kappa shape index (κ1) is 16.5. The van der Waals surface area contributed by atoms with Crippen molar-refractivity contribution in [1.29, 1.82) is 0 Å². The smallest absolute Gasteiger partial charge is 0.408 e. The zero-order valence-electron chi connectivity index (χ0n) is 12.8. The van der Waals surface area contributed by atoms with Gasteiger partial charge < -0.3 is 20.0 Å². The molecule has 0 aromatic carbocycles. The lowest BCUT2D eigenvalue weighted by Crippen LogP contribution is -2.57. The number of piperidine rings is 1. The molecule has 0 saturated carbocycles. The summed E-state index contributed by atoms with van der Waals surface area (Å²) < 4.78 is 0. The first-order valence-corrected chi connectivity index (χ1v) is 7.64. The second-order valence-electron chi connectivity index (χ2n) is 5.86. The van der Waals surface area contributed by atoms with Crippen LogP contribution in [0.2, 0.25) is 0 Å². The molecule has 2 atom stereocenters. The Bertz CT molecular complexity index is 456. The number of carbonyl (C=O) groups excluding carboxylic acids is 2. The predicted octanol–water partition coefficient (Wildman–Crippen LogP) is -0.429. The van der Waals surface area contributed by atoms with E-state index >= 15 is 0 Å². The van der Waals surface area contributed by atoms with Crippen molar-refractivity contribution in [2.75, 3.05) is 32.7 Å². The highest BCUT2D eigenvalue weighted by Gasteiger charge is 2.34. The average molecular weight is 313 g/mol. The predicted molar refractivity (Wildman–Crippen MR) is 77.2 cm³/mol. The van der Waals surface area contributed by atoms with Crippen LogP contribution >= 0.6 is 0 Å². The molecule has 8 nitrogen and oxygen atoms in total. The van der Waals surface area contributed by atoms with Crippen LogP contribution in [0.3, 0.4) is 0 Å². The molecular weight excluding hydrogens is 290 g/mol. The van der Waals surface area contributed by atoms with E-state index in [1.54, 1.807) is 16.7 Å². The number of hydrogen-bond donors (Lipinski definition) is 2. The van der Waals surface area contributed by atoms with Crippen molar-refractivity contribution >= 4 is 17.9 Å². The maximum atomic E-state index is 12.1. The first-order chi connectivity index (χ1) is 10.4. The van der Waals surface area contributed by atoms with E-state index in [1.165, 1.54) is 0 Å². The summed E-state index contributed by atoms with van der Waals surface area (Å²) >= 11 is 0. The zero-order chi connectivity index (χ0) is 16.3. The number of carboxylic acid groups (broad SMARTS) is 1. The largest absolute Gasteiger partial charge is 0.465 e. The number of likely N-dealkylation sites (tertiary alicyclic amines) is 1. The highest BCUT2D eigenvalue weighted by molar-refractivity contribution is 5.86. The summed E-state index contributed by atoms with van der Waals surface area (Å²) in [5.74, 6) is -0.333. The molecule has 22 heavy (non-hydrogen) atoms. The Morgan fingerprint density at radius 2 is 2.00 bits per heavy atom. The van der Waals surface area contributed by atoms with E-state index < -0.39 is 18.2 Å². The Balaban J connectivity index is 1.83. The molecule has 8 heteroatoms. The first-order valence-electron chi connectivity index (χ1n) is 7.64. The van der Waals surface area contributed by atoms with Gasteiger partial charge in [-0.25, -0.2) is 4.79 Å². The molecule has 2 fully saturated rings. The van der Waals surface area contributed by atoms with E-state index in [1.807, 2.05) is 0 Å². The van der Waals surface area contributed by atoms with E-state index in [4.69, 9.17) is 5.11 Å². The topological polar surface area (TPSA) is 101 Å². The van der Waals surface area contributed by atoms with Gasteiger partial charge in [-0.1, -0.05) is 0 Å². The normalized spacial score (nSPS) is 26.3. The quantitative estimate of drug-likeness (QED) is 0.736. The highest BCUT2D eigenvalue weighted by Crippen LogP contribution is 2.14. The van der Waals surface area contributed by atoms with Gasteiger partial charge in [-0.3, -0.25) is 14.5 Å². The van der Waals surface area contributed by atoms with Crippen molar-refractivity contribution in [2.24, 2.45) is 0 Å². The minimum absolute atomic E-state index is 0.0696. The number of β-amino-alcohol motifs (C(OH)–C–C–N with tert-alkyl or cyclic N) is 1. The molecule has 2 N–H and O–H groups in total. The van der Waals surface area contributed by atoms with Gasteiger partial charge in [0.25, 0.3) is 0 Å². The van der Waals surface area contributed by atoms with Gasteiger partial charge in [0.15, 0.2) is 0 Å². The fourth-order valence-corrected chi connectivity index (χ4v) is 2.98. The van der Waals surface area contributed by atoms with Crippen LogP contribution in [0.5, 0.6) is 0 Å². The molecule has 2 aliphatic rings. The van der Waals surface area contributed by atoms with Gasteiger partial charge in [0.2, 0.25) is 11.8 Å². The van der Waals surface area contributed by atoms with E-state index in [2.05, 4.69) is 0 Å². The van der Waals surface area contributed by atoms with Gasteiger partial charge in [-0.05, 0) is 19.8 Å². The van der Waals surface area contributed by atoms with E-state index in [0.29, 0.717) is 26.2 Å². The second-order valence-corrected chi connectivity index (χ2v) is 5.86. The maximum Gasteiger partial charge on any atom is 0.408 e. The Kier molecular flexibility index (Phi) is 5.23. The summed E-state index contributed by atoms with van der Waals surface area (Å²) in [6, 6.07) is -0.710. The fourth-order valence-electron chi connectivity index (χ4n) is 2.98. The molecular formula is C14H23N3O5. The molecule has 2 heterocycles. The van der Waals surface area contributed by atoms with Crippen LogP contribution in [-0.2, 0) is 9.59 Å². The van der Waals surface area contributed by atoms with Gasteiger partial charge in [-0.15, -0.1) is 0 Å². The van der Waals surface area contributed by atoms with Crippen LogP contribution in [0.15, 0.2) is 0 Å². The molecule has 2 saturated heterocycles. The SMILES string of the molecule is C[C@H]1C(=O)N(CCC(=O)N2CCC[C@@H](O)C2)CCN1C(=O)O. The molecule has 0 aromatic rings. The number of aliphatic hydroxyl groups is 1. The third-order valence-electron chi connectivity index (χ3n) is 4.34. The molecule has 3 amide bonds. The van der Waals surface area contributed by atoms with Crippen LogP contribution in [0.25, 0.3) is 0 Å². The molecule has 0 bridgehead atoms. The summed E-state index contributed by atoms with van der Waals surface area (Å²) in [7, 11) is 0. The lowest BCUT2D eigenvalue weighted by molar-refractivity contribution is -0.141. The number of piperazine rings is 1. The Morgan fingerprint density at radius 1 is 1.27 bits per heavy atom. The zero-order valence-corrected chi connectivity index (χ0v) is 12.8. The van der Waals surface area contributed by atoms with Crippen molar-refractivity contribution < 1.29 is 24.6 Å². The molecule has 0 unspecified atom stereocenters.